The smallest absolute Gasteiger partial charge is 0.278 e. The fraction of sp³-hybridized carbons (Fsp3) is 0.304. The van der Waals surface area contributed by atoms with Crippen LogP contribution >= 0.6 is 23.2 Å². The molecule has 1 atom stereocenters. The molecular formula is C23H22Cl2N2O2. The highest BCUT2D eigenvalue weighted by Crippen LogP contribution is 2.35. The maximum atomic E-state index is 13.4. The molecule has 2 amide bonds. The van der Waals surface area contributed by atoms with E-state index in [1.165, 1.54) is 4.90 Å². The minimum Gasteiger partial charge on any atom is -0.366 e. The second-order valence-electron chi connectivity index (χ2n) is 7.75. The van der Waals surface area contributed by atoms with Gasteiger partial charge in [-0.15, -0.1) is 0 Å². The van der Waals surface area contributed by atoms with E-state index in [1.807, 2.05) is 24.3 Å². The van der Waals surface area contributed by atoms with Gasteiger partial charge in [0.25, 0.3) is 11.8 Å². The standard InChI is InChI=1S/C23H22Cl2N2O2/c1-15-3-2-12-26(13-15)21-20(17-6-10-19(25)11-7-17)22(28)27(23(21)29)14-16-4-8-18(24)9-5-16/h4-11,15H,2-3,12-14H2,1H3. The number of hydrogen-bond donors (Lipinski definition) is 0. The second kappa shape index (κ2) is 8.21. The van der Waals surface area contributed by atoms with Crippen molar-refractivity contribution in [2.24, 2.45) is 5.92 Å². The van der Waals surface area contributed by atoms with Crippen LogP contribution in [0.2, 0.25) is 10.0 Å². The van der Waals surface area contributed by atoms with Gasteiger partial charge >= 0.3 is 0 Å². The summed E-state index contributed by atoms with van der Waals surface area (Å²) in [5.74, 6) is -0.0135. The third-order valence-electron chi connectivity index (χ3n) is 5.50. The number of nitrogens with zero attached hydrogens (tertiary/aromatic N) is 2. The van der Waals surface area contributed by atoms with Crippen LogP contribution in [0.15, 0.2) is 54.2 Å². The number of halogens is 2. The Bertz CT molecular complexity index is 967. The van der Waals surface area contributed by atoms with Crippen LogP contribution in [0.1, 0.15) is 30.9 Å². The largest absolute Gasteiger partial charge is 0.366 e. The Hall–Kier alpha value is -2.30. The van der Waals surface area contributed by atoms with Crippen LogP contribution in [0.3, 0.4) is 0 Å². The summed E-state index contributed by atoms with van der Waals surface area (Å²) in [5, 5.41) is 1.22. The van der Waals surface area contributed by atoms with Crippen LogP contribution in [-0.2, 0) is 16.1 Å². The molecule has 2 heterocycles. The lowest BCUT2D eigenvalue weighted by molar-refractivity contribution is -0.138. The molecule has 1 unspecified atom stereocenters. The predicted molar refractivity (Wildman–Crippen MR) is 115 cm³/mol. The molecule has 2 aliphatic heterocycles. The van der Waals surface area contributed by atoms with E-state index in [2.05, 4.69) is 11.8 Å². The molecule has 1 fully saturated rings. The van der Waals surface area contributed by atoms with Crippen molar-refractivity contribution in [1.82, 2.24) is 9.80 Å². The first kappa shape index (κ1) is 20.0. The van der Waals surface area contributed by atoms with Crippen molar-refractivity contribution in [2.45, 2.75) is 26.3 Å². The zero-order valence-electron chi connectivity index (χ0n) is 16.2. The highest BCUT2D eigenvalue weighted by atomic mass is 35.5. The van der Waals surface area contributed by atoms with Crippen molar-refractivity contribution in [2.75, 3.05) is 13.1 Å². The molecule has 0 saturated carbocycles. The summed E-state index contributed by atoms with van der Waals surface area (Å²) >= 11 is 12.0. The Labute approximate surface area is 180 Å². The maximum absolute atomic E-state index is 13.4. The number of amides is 2. The average Bonchev–Trinajstić information content (AvgIpc) is 2.95. The van der Waals surface area contributed by atoms with Crippen molar-refractivity contribution in [3.63, 3.8) is 0 Å². The highest BCUT2D eigenvalue weighted by molar-refractivity contribution is 6.36. The van der Waals surface area contributed by atoms with E-state index in [4.69, 9.17) is 23.2 Å². The van der Waals surface area contributed by atoms with Gasteiger partial charge in [-0.1, -0.05) is 54.4 Å². The molecule has 4 rings (SSSR count). The number of carbonyl (C=O) groups excluding carboxylic acids is 2. The van der Waals surface area contributed by atoms with E-state index in [0.717, 1.165) is 37.1 Å². The normalized spacial score (nSPS) is 20.0. The number of imide groups is 1. The van der Waals surface area contributed by atoms with E-state index < -0.39 is 0 Å². The average molecular weight is 429 g/mol. The molecule has 2 aromatic carbocycles. The Morgan fingerprint density at radius 2 is 1.55 bits per heavy atom. The predicted octanol–water partition coefficient (Wildman–Crippen LogP) is 5.01. The topological polar surface area (TPSA) is 40.6 Å². The molecule has 4 nitrogen and oxygen atoms in total. The SMILES string of the molecule is CC1CCCN(C2=C(c3ccc(Cl)cc3)C(=O)N(Cc3ccc(Cl)cc3)C2=O)C1. The Morgan fingerprint density at radius 1 is 0.931 bits per heavy atom. The van der Waals surface area contributed by atoms with Crippen LogP contribution < -0.4 is 0 Å². The van der Waals surface area contributed by atoms with Crippen LogP contribution in [0, 0.1) is 5.92 Å². The fourth-order valence-corrected chi connectivity index (χ4v) is 4.29. The first-order valence-corrected chi connectivity index (χ1v) is 10.6. The molecule has 0 aromatic heterocycles. The lowest BCUT2D eigenvalue weighted by atomic mass is 9.98. The molecular weight excluding hydrogens is 407 g/mol. The monoisotopic (exact) mass is 428 g/mol. The van der Waals surface area contributed by atoms with Gasteiger partial charge in [0.15, 0.2) is 0 Å². The number of carbonyl (C=O) groups is 2. The van der Waals surface area contributed by atoms with Crippen LogP contribution in [0.5, 0.6) is 0 Å². The van der Waals surface area contributed by atoms with E-state index in [0.29, 0.717) is 27.2 Å². The van der Waals surface area contributed by atoms with E-state index in [-0.39, 0.29) is 18.4 Å². The van der Waals surface area contributed by atoms with Gasteiger partial charge in [-0.3, -0.25) is 14.5 Å². The van der Waals surface area contributed by atoms with Gasteiger partial charge in [0, 0.05) is 23.1 Å². The highest BCUT2D eigenvalue weighted by Gasteiger charge is 2.42. The van der Waals surface area contributed by atoms with Gasteiger partial charge in [-0.25, -0.2) is 0 Å². The number of piperidine rings is 1. The van der Waals surface area contributed by atoms with Gasteiger partial charge in [-0.05, 0) is 54.2 Å². The van der Waals surface area contributed by atoms with Gasteiger partial charge in [0.2, 0.25) is 0 Å². The summed E-state index contributed by atoms with van der Waals surface area (Å²) in [4.78, 5) is 30.2. The summed E-state index contributed by atoms with van der Waals surface area (Å²) in [6, 6.07) is 14.3. The number of rotatable bonds is 4. The first-order valence-electron chi connectivity index (χ1n) is 9.80. The van der Waals surface area contributed by atoms with Crippen molar-refractivity contribution < 1.29 is 9.59 Å². The Morgan fingerprint density at radius 3 is 2.17 bits per heavy atom. The van der Waals surface area contributed by atoms with Gasteiger partial charge in [0.1, 0.15) is 5.70 Å². The summed E-state index contributed by atoms with van der Waals surface area (Å²) in [5.41, 5.74) is 2.56. The Balaban J connectivity index is 1.72. The molecule has 150 valence electrons. The summed E-state index contributed by atoms with van der Waals surface area (Å²) in [7, 11) is 0. The minimum absolute atomic E-state index is 0.221. The third-order valence-corrected chi connectivity index (χ3v) is 6.01. The number of hydrogen-bond acceptors (Lipinski definition) is 3. The van der Waals surface area contributed by atoms with Gasteiger partial charge < -0.3 is 4.90 Å². The summed E-state index contributed by atoms with van der Waals surface area (Å²) < 4.78 is 0. The number of likely N-dealkylation sites (tertiary alicyclic amines) is 1. The molecule has 2 aliphatic rings. The zero-order chi connectivity index (χ0) is 20.5. The molecule has 1 saturated heterocycles. The lowest BCUT2D eigenvalue weighted by Crippen LogP contribution is -2.39. The quantitative estimate of drug-likeness (QED) is 0.642. The van der Waals surface area contributed by atoms with Gasteiger partial charge in [-0.2, -0.15) is 0 Å². The molecule has 29 heavy (non-hydrogen) atoms. The van der Waals surface area contributed by atoms with Crippen molar-refractivity contribution in [3.8, 4) is 0 Å². The molecule has 2 aromatic rings. The van der Waals surface area contributed by atoms with E-state index >= 15 is 0 Å². The summed E-state index contributed by atoms with van der Waals surface area (Å²) in [6.07, 6.45) is 2.15. The zero-order valence-corrected chi connectivity index (χ0v) is 17.7. The third kappa shape index (κ3) is 4.05. The van der Waals surface area contributed by atoms with Crippen molar-refractivity contribution in [3.05, 3.63) is 75.4 Å². The second-order valence-corrected chi connectivity index (χ2v) is 8.62. The number of benzene rings is 2. The molecule has 0 bridgehead atoms. The molecule has 0 radical (unpaired) electrons. The molecule has 0 N–H and O–H groups in total. The van der Waals surface area contributed by atoms with Gasteiger partial charge in [0.05, 0.1) is 12.1 Å². The van der Waals surface area contributed by atoms with Crippen molar-refractivity contribution >= 4 is 40.6 Å². The maximum Gasteiger partial charge on any atom is 0.278 e. The first-order chi connectivity index (χ1) is 13.9. The van der Waals surface area contributed by atoms with E-state index in [1.54, 1.807) is 24.3 Å². The molecule has 0 aliphatic carbocycles. The van der Waals surface area contributed by atoms with Crippen LogP contribution in [0.25, 0.3) is 5.57 Å². The van der Waals surface area contributed by atoms with Crippen molar-refractivity contribution in [1.29, 1.82) is 0 Å². The molecule has 6 heteroatoms. The fourth-order valence-electron chi connectivity index (χ4n) is 4.04. The summed E-state index contributed by atoms with van der Waals surface area (Å²) in [6.45, 7) is 3.96. The van der Waals surface area contributed by atoms with E-state index in [9.17, 15) is 9.59 Å². The lowest BCUT2D eigenvalue weighted by Gasteiger charge is -2.33. The molecule has 0 spiro atoms. The van der Waals surface area contributed by atoms with Crippen LogP contribution in [0.4, 0.5) is 0 Å². The van der Waals surface area contributed by atoms with Crippen LogP contribution in [-0.4, -0.2) is 34.7 Å². The Kier molecular flexibility index (Phi) is 5.66. The minimum atomic E-state index is -0.263.